The van der Waals surface area contributed by atoms with Crippen molar-refractivity contribution in [3.63, 3.8) is 0 Å². The second-order valence-electron chi connectivity index (χ2n) is 3.44. The van der Waals surface area contributed by atoms with E-state index in [-0.39, 0.29) is 13.0 Å². The van der Waals surface area contributed by atoms with Gasteiger partial charge in [-0.2, -0.15) is 5.48 Å². The van der Waals surface area contributed by atoms with Crippen molar-refractivity contribution in [2.75, 3.05) is 13.2 Å². The summed E-state index contributed by atoms with van der Waals surface area (Å²) in [6, 6.07) is -0.957. The van der Waals surface area contributed by atoms with Gasteiger partial charge >= 0.3 is 5.97 Å². The first-order chi connectivity index (χ1) is 8.13. The van der Waals surface area contributed by atoms with E-state index in [1.165, 1.54) is 12.5 Å². The molecular weight excluding hydrogens is 230 g/mol. The van der Waals surface area contributed by atoms with E-state index in [4.69, 9.17) is 20.2 Å². The van der Waals surface area contributed by atoms with Gasteiger partial charge in [-0.1, -0.05) is 0 Å². The molecule has 0 saturated carbocycles. The fourth-order valence-electron chi connectivity index (χ4n) is 1.09. The lowest BCUT2D eigenvalue weighted by molar-refractivity contribution is -0.145. The maximum absolute atomic E-state index is 10.9. The Kier molecular flexibility index (Phi) is 5.57. The molecule has 0 aliphatic heterocycles. The maximum Gasteiger partial charge on any atom is 0.323 e. The van der Waals surface area contributed by atoms with Gasteiger partial charge < -0.3 is 20.3 Å². The zero-order valence-corrected chi connectivity index (χ0v) is 9.04. The van der Waals surface area contributed by atoms with Crippen LogP contribution in [0.1, 0.15) is 5.69 Å². The summed E-state index contributed by atoms with van der Waals surface area (Å²) in [6.07, 6.45) is 2.10. The van der Waals surface area contributed by atoms with Crippen LogP contribution in [-0.2, 0) is 16.1 Å². The molecule has 0 radical (unpaired) electrons. The van der Waals surface area contributed by atoms with Gasteiger partial charge in [0.15, 0.2) is 0 Å². The summed E-state index contributed by atoms with van der Waals surface area (Å²) in [7, 11) is 0. The highest BCUT2D eigenvalue weighted by molar-refractivity contribution is 5.73. The molecule has 0 bridgehead atoms. The Balaban J connectivity index is 2.36. The number of rotatable bonds is 8. The predicted octanol–water partition coefficient (Wildman–Crippen LogP) is -1.72. The van der Waals surface area contributed by atoms with E-state index in [0.29, 0.717) is 5.69 Å². The van der Waals surface area contributed by atoms with Crippen molar-refractivity contribution in [1.82, 2.24) is 15.4 Å². The minimum atomic E-state index is -1.09. The third-order valence-corrected chi connectivity index (χ3v) is 1.99. The van der Waals surface area contributed by atoms with Crippen LogP contribution in [0.2, 0.25) is 0 Å². The number of hydrogen-bond acceptors (Lipinski definition) is 6. The number of H-pyrrole nitrogens is 1. The number of aliphatic carboxylic acids is 1. The van der Waals surface area contributed by atoms with Gasteiger partial charge in [0, 0.05) is 18.3 Å². The summed E-state index contributed by atoms with van der Waals surface area (Å²) in [5.41, 5.74) is 2.95. The van der Waals surface area contributed by atoms with Crippen LogP contribution < -0.4 is 5.48 Å². The van der Waals surface area contributed by atoms with Crippen LogP contribution in [0.4, 0.5) is 0 Å². The number of hydroxylamine groups is 1. The van der Waals surface area contributed by atoms with Crippen LogP contribution in [0.3, 0.4) is 0 Å². The van der Waals surface area contributed by atoms with E-state index in [1.54, 1.807) is 0 Å². The van der Waals surface area contributed by atoms with Crippen molar-refractivity contribution in [1.29, 1.82) is 0 Å². The van der Waals surface area contributed by atoms with Gasteiger partial charge in [-0.05, 0) is 0 Å². The average Bonchev–Trinajstić information content (AvgIpc) is 2.80. The van der Waals surface area contributed by atoms with Crippen molar-refractivity contribution in [3.8, 4) is 0 Å². The lowest BCUT2D eigenvalue weighted by Crippen LogP contribution is -2.40. The number of imidazole rings is 1. The zero-order valence-electron chi connectivity index (χ0n) is 9.04. The molecule has 8 heteroatoms. The highest BCUT2D eigenvalue weighted by atomic mass is 16.7. The number of nitrogens with zero attached hydrogens (tertiary/aromatic N) is 1. The van der Waals surface area contributed by atoms with Crippen LogP contribution in [0, 0.1) is 0 Å². The zero-order chi connectivity index (χ0) is 12.7. The van der Waals surface area contributed by atoms with Crippen LogP contribution in [-0.4, -0.2) is 56.6 Å². The summed E-state index contributed by atoms with van der Waals surface area (Å²) >= 11 is 0. The fraction of sp³-hybridized carbons (Fsp3) is 0.556. The molecule has 1 aromatic heterocycles. The molecule has 0 spiro atoms. The molecule has 0 saturated heterocycles. The third kappa shape index (κ3) is 4.91. The summed E-state index contributed by atoms with van der Waals surface area (Å²) in [5.74, 6) is -1.09. The highest BCUT2D eigenvalue weighted by Gasteiger charge is 2.19. The first kappa shape index (κ1) is 13.6. The second kappa shape index (κ2) is 6.97. The van der Waals surface area contributed by atoms with E-state index in [2.05, 4.69) is 15.4 Å². The molecule has 1 rings (SSSR count). The SMILES string of the molecule is O=C(O)[C@H](Cc1cnc[nH]1)NOCC(O)CO. The summed E-state index contributed by atoms with van der Waals surface area (Å²) < 4.78 is 0. The minimum absolute atomic E-state index is 0.171. The molecule has 1 heterocycles. The molecule has 17 heavy (non-hydrogen) atoms. The molecular formula is C9H15N3O5. The largest absolute Gasteiger partial charge is 0.480 e. The van der Waals surface area contributed by atoms with Crippen molar-refractivity contribution >= 4 is 5.97 Å². The van der Waals surface area contributed by atoms with Crippen molar-refractivity contribution in [3.05, 3.63) is 18.2 Å². The minimum Gasteiger partial charge on any atom is -0.480 e. The normalized spacial score (nSPS) is 14.5. The summed E-state index contributed by atoms with van der Waals surface area (Å²) in [4.78, 5) is 22.2. The molecule has 5 N–H and O–H groups in total. The Labute approximate surface area is 97.2 Å². The number of hydrogen-bond donors (Lipinski definition) is 5. The quantitative estimate of drug-likeness (QED) is 0.345. The molecule has 1 unspecified atom stereocenters. The number of carbonyl (C=O) groups is 1. The van der Waals surface area contributed by atoms with E-state index in [9.17, 15) is 4.79 Å². The van der Waals surface area contributed by atoms with Crippen molar-refractivity contribution < 1.29 is 25.0 Å². The Morgan fingerprint density at radius 1 is 1.65 bits per heavy atom. The van der Waals surface area contributed by atoms with E-state index in [1.807, 2.05) is 0 Å². The average molecular weight is 245 g/mol. The van der Waals surface area contributed by atoms with Gasteiger partial charge in [0.25, 0.3) is 0 Å². The molecule has 0 amide bonds. The lowest BCUT2D eigenvalue weighted by Gasteiger charge is -2.14. The Hall–Kier alpha value is -1.48. The molecule has 0 aromatic carbocycles. The molecule has 96 valence electrons. The van der Waals surface area contributed by atoms with Crippen LogP contribution in [0.15, 0.2) is 12.5 Å². The van der Waals surface area contributed by atoms with Gasteiger partial charge in [-0.15, -0.1) is 0 Å². The predicted molar refractivity (Wildman–Crippen MR) is 55.9 cm³/mol. The monoisotopic (exact) mass is 245 g/mol. The highest BCUT2D eigenvalue weighted by Crippen LogP contribution is 1.99. The molecule has 1 aromatic rings. The number of aliphatic hydroxyl groups excluding tert-OH is 2. The number of aliphatic hydroxyl groups is 2. The fourth-order valence-corrected chi connectivity index (χ4v) is 1.09. The van der Waals surface area contributed by atoms with Gasteiger partial charge in [0.1, 0.15) is 12.1 Å². The van der Waals surface area contributed by atoms with E-state index < -0.39 is 24.7 Å². The number of aromatic nitrogens is 2. The van der Waals surface area contributed by atoms with Gasteiger partial charge in [0.2, 0.25) is 0 Å². The number of nitrogens with one attached hydrogen (secondary N) is 2. The second-order valence-corrected chi connectivity index (χ2v) is 3.44. The van der Waals surface area contributed by atoms with Crippen molar-refractivity contribution in [2.45, 2.75) is 18.6 Å². The number of carboxylic acid groups (broad SMARTS) is 1. The molecule has 2 atom stereocenters. The smallest absolute Gasteiger partial charge is 0.323 e. The number of carboxylic acids is 1. The summed E-state index contributed by atoms with van der Waals surface area (Å²) in [5, 5.41) is 26.4. The Morgan fingerprint density at radius 3 is 2.94 bits per heavy atom. The Morgan fingerprint density at radius 2 is 2.41 bits per heavy atom. The molecule has 0 aliphatic rings. The topological polar surface area (TPSA) is 128 Å². The van der Waals surface area contributed by atoms with Crippen LogP contribution >= 0.6 is 0 Å². The molecule has 0 aliphatic carbocycles. The van der Waals surface area contributed by atoms with E-state index in [0.717, 1.165) is 0 Å². The van der Waals surface area contributed by atoms with Crippen LogP contribution in [0.5, 0.6) is 0 Å². The summed E-state index contributed by atoms with van der Waals surface area (Å²) in [6.45, 7) is -0.636. The first-order valence-corrected chi connectivity index (χ1v) is 4.99. The van der Waals surface area contributed by atoms with E-state index >= 15 is 0 Å². The van der Waals surface area contributed by atoms with Gasteiger partial charge in [-0.3, -0.25) is 9.63 Å². The van der Waals surface area contributed by atoms with Gasteiger partial charge in [-0.25, -0.2) is 4.98 Å². The van der Waals surface area contributed by atoms with Crippen LogP contribution in [0.25, 0.3) is 0 Å². The van der Waals surface area contributed by atoms with Crippen molar-refractivity contribution in [2.24, 2.45) is 0 Å². The van der Waals surface area contributed by atoms with Gasteiger partial charge in [0.05, 0.1) is 19.5 Å². The first-order valence-electron chi connectivity index (χ1n) is 4.99. The number of aromatic amines is 1. The third-order valence-electron chi connectivity index (χ3n) is 1.99. The maximum atomic E-state index is 10.9. The standard InChI is InChI=1S/C9H15N3O5/c13-3-7(14)4-17-12-8(9(15)16)1-6-2-10-5-11-6/h2,5,7-8,12-14H,1,3-4H2,(H,10,11)(H,15,16)/t7?,8-/m0/s1. The molecule has 8 nitrogen and oxygen atoms in total. The molecule has 0 fully saturated rings. The Bertz CT molecular complexity index is 329. The lowest BCUT2D eigenvalue weighted by atomic mass is 10.2.